The number of halogens is 2. The van der Waals surface area contributed by atoms with E-state index >= 15 is 0 Å². The fourth-order valence-corrected chi connectivity index (χ4v) is 3.24. The lowest BCUT2D eigenvalue weighted by molar-refractivity contribution is 0.183. The highest BCUT2D eigenvalue weighted by atomic mass is 35.5. The molecule has 1 aliphatic rings. The summed E-state index contributed by atoms with van der Waals surface area (Å²) in [5, 5.41) is 4.20. The van der Waals surface area contributed by atoms with Gasteiger partial charge < -0.3 is 10.3 Å². The average Bonchev–Trinajstić information content (AvgIpc) is 2.88. The fraction of sp³-hybridized carbons (Fsp3) is 0.467. The van der Waals surface area contributed by atoms with E-state index < -0.39 is 11.4 Å². The third-order valence-corrected chi connectivity index (χ3v) is 4.37. The Labute approximate surface area is 127 Å². The summed E-state index contributed by atoms with van der Waals surface area (Å²) in [7, 11) is 0. The topological polar surface area (TPSA) is 64.9 Å². The van der Waals surface area contributed by atoms with Crippen molar-refractivity contribution in [1.82, 2.24) is 10.1 Å². The quantitative estimate of drug-likeness (QED) is 0.914. The Bertz CT molecular complexity index is 660. The van der Waals surface area contributed by atoms with Crippen LogP contribution in [-0.2, 0) is 5.54 Å². The Balaban J connectivity index is 1.92. The van der Waals surface area contributed by atoms with Crippen LogP contribution >= 0.6 is 11.6 Å². The Morgan fingerprint density at radius 1 is 1.48 bits per heavy atom. The van der Waals surface area contributed by atoms with Crippen molar-refractivity contribution >= 4 is 11.6 Å². The summed E-state index contributed by atoms with van der Waals surface area (Å²) in [5.74, 6) is 0.917. The zero-order chi connectivity index (χ0) is 15.0. The van der Waals surface area contributed by atoms with Crippen molar-refractivity contribution in [3.63, 3.8) is 0 Å². The van der Waals surface area contributed by atoms with Crippen LogP contribution in [-0.4, -0.2) is 10.1 Å². The van der Waals surface area contributed by atoms with Gasteiger partial charge in [0.2, 0.25) is 11.7 Å². The van der Waals surface area contributed by atoms with Crippen LogP contribution < -0.4 is 5.73 Å². The number of nitrogens with two attached hydrogens (primary N) is 1. The molecule has 2 aromatic rings. The Morgan fingerprint density at radius 3 is 3.00 bits per heavy atom. The zero-order valence-corrected chi connectivity index (χ0v) is 12.5. The van der Waals surface area contributed by atoms with Gasteiger partial charge in [-0.3, -0.25) is 0 Å². The smallest absolute Gasteiger partial charge is 0.247 e. The minimum absolute atomic E-state index is 0.255. The Kier molecular flexibility index (Phi) is 3.71. The van der Waals surface area contributed by atoms with Crippen molar-refractivity contribution in [1.29, 1.82) is 0 Å². The van der Waals surface area contributed by atoms with E-state index in [1.165, 1.54) is 18.6 Å². The molecule has 0 amide bonds. The molecule has 1 fully saturated rings. The van der Waals surface area contributed by atoms with Gasteiger partial charge in [0.25, 0.3) is 0 Å². The van der Waals surface area contributed by atoms with Crippen molar-refractivity contribution in [2.24, 2.45) is 11.7 Å². The molecule has 6 heteroatoms. The number of aromatic nitrogens is 2. The first kappa shape index (κ1) is 14.5. The Hall–Kier alpha value is -1.46. The molecule has 3 rings (SSSR count). The van der Waals surface area contributed by atoms with Crippen molar-refractivity contribution < 1.29 is 8.91 Å². The first-order chi connectivity index (χ1) is 9.98. The van der Waals surface area contributed by atoms with Crippen LogP contribution in [0, 0.1) is 11.7 Å². The van der Waals surface area contributed by atoms with Crippen LogP contribution in [0.4, 0.5) is 4.39 Å². The minimum atomic E-state index is -0.574. The summed E-state index contributed by atoms with van der Waals surface area (Å²) >= 11 is 6.02. The van der Waals surface area contributed by atoms with Gasteiger partial charge in [0.05, 0.1) is 10.6 Å². The number of hydrogen-bond donors (Lipinski definition) is 1. The van der Waals surface area contributed by atoms with E-state index in [0.29, 0.717) is 23.2 Å². The molecule has 0 aliphatic heterocycles. The molecule has 21 heavy (non-hydrogen) atoms. The lowest BCUT2D eigenvalue weighted by Crippen LogP contribution is -2.41. The van der Waals surface area contributed by atoms with Gasteiger partial charge in [0, 0.05) is 5.56 Å². The van der Waals surface area contributed by atoms with Gasteiger partial charge in [-0.15, -0.1) is 0 Å². The first-order valence-corrected chi connectivity index (χ1v) is 7.44. The molecule has 0 bridgehead atoms. The molecule has 0 radical (unpaired) electrons. The minimum Gasteiger partial charge on any atom is -0.337 e. The van der Waals surface area contributed by atoms with E-state index in [2.05, 4.69) is 17.1 Å². The maximum Gasteiger partial charge on any atom is 0.247 e. The molecule has 2 atom stereocenters. The maximum atomic E-state index is 13.1. The summed E-state index contributed by atoms with van der Waals surface area (Å²) in [4.78, 5) is 4.39. The number of benzene rings is 1. The summed E-state index contributed by atoms with van der Waals surface area (Å²) in [6.07, 6.45) is 3.87. The van der Waals surface area contributed by atoms with Gasteiger partial charge in [-0.25, -0.2) is 4.39 Å². The SMILES string of the molecule is CC1CCCC(N)(c2nc(-c3ccc(F)cc3Cl)no2)C1. The van der Waals surface area contributed by atoms with Crippen molar-refractivity contribution in [3.05, 3.63) is 34.9 Å². The van der Waals surface area contributed by atoms with E-state index in [9.17, 15) is 4.39 Å². The van der Waals surface area contributed by atoms with Crippen molar-refractivity contribution in [2.45, 2.75) is 38.1 Å². The van der Waals surface area contributed by atoms with Crippen LogP contribution in [0.25, 0.3) is 11.4 Å². The predicted octanol–water partition coefficient (Wildman–Crippen LogP) is 3.89. The molecule has 0 saturated heterocycles. The lowest BCUT2D eigenvalue weighted by atomic mass is 9.77. The highest BCUT2D eigenvalue weighted by molar-refractivity contribution is 6.33. The second-order valence-corrected chi connectivity index (χ2v) is 6.31. The van der Waals surface area contributed by atoms with Gasteiger partial charge in [-0.05, 0) is 37.0 Å². The molecular formula is C15H17ClFN3O. The molecule has 2 unspecified atom stereocenters. The highest BCUT2D eigenvalue weighted by Gasteiger charge is 2.38. The van der Waals surface area contributed by atoms with Gasteiger partial charge >= 0.3 is 0 Å². The third-order valence-electron chi connectivity index (χ3n) is 4.06. The largest absolute Gasteiger partial charge is 0.337 e. The molecule has 1 aliphatic carbocycles. The molecular weight excluding hydrogens is 293 g/mol. The third kappa shape index (κ3) is 2.80. The van der Waals surface area contributed by atoms with Crippen LogP contribution in [0.3, 0.4) is 0 Å². The maximum absolute atomic E-state index is 13.1. The molecule has 1 heterocycles. The summed E-state index contributed by atoms with van der Waals surface area (Å²) in [6.45, 7) is 2.18. The van der Waals surface area contributed by atoms with Gasteiger partial charge in [-0.1, -0.05) is 36.5 Å². The van der Waals surface area contributed by atoms with E-state index in [4.69, 9.17) is 21.9 Å². The molecule has 0 spiro atoms. The average molecular weight is 310 g/mol. The van der Waals surface area contributed by atoms with Gasteiger partial charge in [0.15, 0.2) is 0 Å². The van der Waals surface area contributed by atoms with Crippen molar-refractivity contribution in [3.8, 4) is 11.4 Å². The van der Waals surface area contributed by atoms with Crippen LogP contribution in [0.2, 0.25) is 5.02 Å². The lowest BCUT2D eigenvalue weighted by Gasteiger charge is -2.33. The van der Waals surface area contributed by atoms with E-state index in [1.54, 1.807) is 6.07 Å². The van der Waals surface area contributed by atoms with Crippen molar-refractivity contribution in [2.75, 3.05) is 0 Å². The monoisotopic (exact) mass is 309 g/mol. The first-order valence-electron chi connectivity index (χ1n) is 7.06. The fourth-order valence-electron chi connectivity index (χ4n) is 2.99. The number of rotatable bonds is 2. The Morgan fingerprint density at radius 2 is 2.29 bits per heavy atom. The van der Waals surface area contributed by atoms with Crippen LogP contribution in [0.1, 0.15) is 38.5 Å². The molecule has 1 aromatic heterocycles. The number of hydrogen-bond acceptors (Lipinski definition) is 4. The zero-order valence-electron chi connectivity index (χ0n) is 11.8. The van der Waals surface area contributed by atoms with E-state index in [-0.39, 0.29) is 5.02 Å². The standard InChI is InChI=1S/C15H17ClFN3O/c1-9-3-2-6-15(18,8-9)14-19-13(20-21-14)11-5-4-10(17)7-12(11)16/h4-5,7,9H,2-3,6,8,18H2,1H3. The molecule has 4 nitrogen and oxygen atoms in total. The molecule has 2 N–H and O–H groups in total. The molecule has 112 valence electrons. The predicted molar refractivity (Wildman–Crippen MR) is 78.2 cm³/mol. The highest BCUT2D eigenvalue weighted by Crippen LogP contribution is 2.38. The summed E-state index contributed by atoms with van der Waals surface area (Å²) in [6, 6.07) is 4.09. The molecule has 1 aromatic carbocycles. The second kappa shape index (κ2) is 5.39. The van der Waals surface area contributed by atoms with Crippen LogP contribution in [0.5, 0.6) is 0 Å². The molecule has 1 saturated carbocycles. The van der Waals surface area contributed by atoms with Gasteiger partial charge in [0.1, 0.15) is 5.82 Å². The normalized spacial score (nSPS) is 26.0. The van der Waals surface area contributed by atoms with E-state index in [0.717, 1.165) is 19.3 Å². The van der Waals surface area contributed by atoms with Gasteiger partial charge in [-0.2, -0.15) is 4.98 Å². The van der Waals surface area contributed by atoms with Crippen LogP contribution in [0.15, 0.2) is 22.7 Å². The van der Waals surface area contributed by atoms with E-state index in [1.807, 2.05) is 0 Å². The number of nitrogens with zero attached hydrogens (tertiary/aromatic N) is 2. The summed E-state index contributed by atoms with van der Waals surface area (Å²) in [5.41, 5.74) is 6.40. The second-order valence-electron chi connectivity index (χ2n) is 5.90. The summed E-state index contributed by atoms with van der Waals surface area (Å²) < 4.78 is 18.5.